The van der Waals surface area contributed by atoms with Crippen LogP contribution in [0.3, 0.4) is 0 Å². The number of nitrogens with zero attached hydrogens (tertiary/aromatic N) is 4. The van der Waals surface area contributed by atoms with E-state index in [1.165, 1.54) is 17.8 Å². The predicted molar refractivity (Wildman–Crippen MR) is 123 cm³/mol. The number of thiazole rings is 1. The molecule has 1 spiro atoms. The van der Waals surface area contributed by atoms with Crippen LogP contribution in [-0.2, 0) is 5.41 Å². The molecule has 7 nitrogen and oxygen atoms in total. The van der Waals surface area contributed by atoms with Crippen LogP contribution < -0.4 is 10.2 Å². The minimum atomic E-state index is -0.221. The van der Waals surface area contributed by atoms with E-state index in [-0.39, 0.29) is 17.4 Å². The molecule has 2 fully saturated rings. The fraction of sp³-hybridized carbons (Fsp3) is 0.500. The highest BCUT2D eigenvalue weighted by Gasteiger charge is 2.48. The molecule has 0 radical (unpaired) electrons. The second-order valence-electron chi connectivity index (χ2n) is 8.84. The van der Waals surface area contributed by atoms with E-state index in [1.807, 2.05) is 23.1 Å². The highest BCUT2D eigenvalue weighted by molar-refractivity contribution is 7.14. The quantitative estimate of drug-likeness (QED) is 0.735. The van der Waals surface area contributed by atoms with Gasteiger partial charge in [0, 0.05) is 47.7 Å². The summed E-state index contributed by atoms with van der Waals surface area (Å²) in [5, 5.41) is 5.79. The van der Waals surface area contributed by atoms with Crippen molar-refractivity contribution in [1.29, 1.82) is 0 Å². The lowest BCUT2D eigenvalue weighted by Crippen LogP contribution is -2.40. The number of carbonyl (C=O) groups is 2. The van der Waals surface area contributed by atoms with Crippen LogP contribution >= 0.6 is 22.9 Å². The van der Waals surface area contributed by atoms with Crippen LogP contribution in [0.15, 0.2) is 23.6 Å². The molecular formula is C22H26ClN5O2S. The van der Waals surface area contributed by atoms with E-state index in [4.69, 9.17) is 11.6 Å². The Labute approximate surface area is 191 Å². The van der Waals surface area contributed by atoms with Gasteiger partial charge in [-0.05, 0) is 63.0 Å². The smallest absolute Gasteiger partial charge is 0.328 e. The number of hydrogen-bond acceptors (Lipinski definition) is 5. The van der Waals surface area contributed by atoms with Gasteiger partial charge in [-0.15, -0.1) is 11.3 Å². The highest BCUT2D eigenvalue weighted by atomic mass is 35.5. The molecule has 0 saturated carbocycles. The number of urea groups is 1. The van der Waals surface area contributed by atoms with Crippen LogP contribution in [0.25, 0.3) is 0 Å². The first kappa shape index (κ1) is 20.7. The molecule has 0 bridgehead atoms. The SMILES string of the molecule is CN1CCC2(C1)CN(C(=O)Nc1nc(C(=O)N3CCCCC3)cs1)c1ccc(Cl)cc12. The van der Waals surface area contributed by atoms with Gasteiger partial charge in [0.05, 0.1) is 0 Å². The van der Waals surface area contributed by atoms with Gasteiger partial charge in [-0.3, -0.25) is 15.0 Å². The first-order valence-corrected chi connectivity index (χ1v) is 12.0. The molecular weight excluding hydrogens is 434 g/mol. The van der Waals surface area contributed by atoms with Gasteiger partial charge in [-0.1, -0.05) is 11.6 Å². The summed E-state index contributed by atoms with van der Waals surface area (Å²) in [5.41, 5.74) is 2.35. The second-order valence-corrected chi connectivity index (χ2v) is 10.1. The van der Waals surface area contributed by atoms with E-state index in [2.05, 4.69) is 22.2 Å². The summed E-state index contributed by atoms with van der Waals surface area (Å²) < 4.78 is 0. The van der Waals surface area contributed by atoms with E-state index in [1.54, 1.807) is 10.3 Å². The van der Waals surface area contributed by atoms with Gasteiger partial charge in [-0.25, -0.2) is 9.78 Å². The number of rotatable bonds is 2. The summed E-state index contributed by atoms with van der Waals surface area (Å²) in [5.74, 6) is -0.0504. The van der Waals surface area contributed by atoms with Gasteiger partial charge >= 0.3 is 6.03 Å². The summed E-state index contributed by atoms with van der Waals surface area (Å²) in [4.78, 5) is 36.2. The molecule has 2 saturated heterocycles. The Morgan fingerprint density at radius 1 is 1.16 bits per heavy atom. The number of benzene rings is 1. The molecule has 3 aliphatic heterocycles. The van der Waals surface area contributed by atoms with Crippen molar-refractivity contribution in [3.8, 4) is 0 Å². The normalized spacial score (nSPS) is 23.4. The molecule has 3 aliphatic rings. The van der Waals surface area contributed by atoms with Crippen LogP contribution in [-0.4, -0.2) is 66.5 Å². The number of carbonyl (C=O) groups excluding carboxylic acids is 2. The lowest BCUT2D eigenvalue weighted by Gasteiger charge is -2.25. The van der Waals surface area contributed by atoms with Gasteiger partial charge in [0.2, 0.25) is 0 Å². The van der Waals surface area contributed by atoms with Crippen molar-refractivity contribution in [2.45, 2.75) is 31.1 Å². The summed E-state index contributed by atoms with van der Waals surface area (Å²) in [6, 6.07) is 5.54. The number of aromatic nitrogens is 1. The standard InChI is InChI=1S/C22H26ClN5O2S/c1-26-10-7-22(13-26)14-28(18-6-5-15(23)11-16(18)22)21(30)25-20-24-17(12-31-20)19(29)27-8-3-2-4-9-27/h5-6,11-12H,2-4,7-10,13-14H2,1H3,(H,24,25,30). The number of piperidine rings is 1. The van der Waals surface area contributed by atoms with Gasteiger partial charge in [0.25, 0.3) is 5.91 Å². The second kappa shape index (κ2) is 8.07. The van der Waals surface area contributed by atoms with E-state index >= 15 is 0 Å². The highest BCUT2D eigenvalue weighted by Crippen LogP contribution is 2.47. The van der Waals surface area contributed by atoms with Crippen molar-refractivity contribution < 1.29 is 9.59 Å². The third kappa shape index (κ3) is 3.81. The van der Waals surface area contributed by atoms with Crippen molar-refractivity contribution in [1.82, 2.24) is 14.8 Å². The zero-order chi connectivity index (χ0) is 21.6. The fourth-order valence-corrected chi connectivity index (χ4v) is 5.94. The molecule has 1 unspecified atom stereocenters. The average molecular weight is 460 g/mol. The topological polar surface area (TPSA) is 68.8 Å². The van der Waals surface area contributed by atoms with Gasteiger partial charge < -0.3 is 9.80 Å². The van der Waals surface area contributed by atoms with Crippen molar-refractivity contribution >= 4 is 45.7 Å². The number of likely N-dealkylation sites (tertiary alicyclic amines) is 2. The third-order valence-corrected chi connectivity index (χ3v) is 7.64. The van der Waals surface area contributed by atoms with E-state index in [9.17, 15) is 9.59 Å². The minimum Gasteiger partial charge on any atom is -0.337 e. The van der Waals surface area contributed by atoms with Crippen LogP contribution in [0.5, 0.6) is 0 Å². The van der Waals surface area contributed by atoms with Crippen molar-refractivity contribution in [2.75, 3.05) is 50.0 Å². The lowest BCUT2D eigenvalue weighted by molar-refractivity contribution is 0.0719. The number of likely N-dealkylation sites (N-methyl/N-ethyl adjacent to an activating group) is 1. The average Bonchev–Trinajstić information content (AvgIpc) is 3.47. The van der Waals surface area contributed by atoms with Crippen LogP contribution in [0.2, 0.25) is 5.02 Å². The van der Waals surface area contributed by atoms with Crippen molar-refractivity contribution in [3.05, 3.63) is 39.9 Å². The first-order valence-electron chi connectivity index (χ1n) is 10.8. The number of halogens is 1. The van der Waals surface area contributed by atoms with Gasteiger partial charge in [-0.2, -0.15) is 0 Å². The number of amides is 3. The first-order chi connectivity index (χ1) is 14.9. The Morgan fingerprint density at radius 2 is 1.97 bits per heavy atom. The molecule has 4 heterocycles. The lowest BCUT2D eigenvalue weighted by atomic mass is 9.81. The van der Waals surface area contributed by atoms with Crippen molar-refractivity contribution in [3.63, 3.8) is 0 Å². The molecule has 5 rings (SSSR count). The molecule has 1 aromatic heterocycles. The monoisotopic (exact) mass is 459 g/mol. The number of fused-ring (bicyclic) bond motifs is 2. The van der Waals surface area contributed by atoms with Crippen molar-refractivity contribution in [2.24, 2.45) is 0 Å². The van der Waals surface area contributed by atoms with E-state index in [0.29, 0.717) is 22.4 Å². The molecule has 1 N–H and O–H groups in total. The molecule has 0 aliphatic carbocycles. The minimum absolute atomic E-state index is 0.0504. The molecule has 9 heteroatoms. The van der Waals surface area contributed by atoms with Crippen LogP contribution in [0, 0.1) is 0 Å². The molecule has 31 heavy (non-hydrogen) atoms. The maximum Gasteiger partial charge on any atom is 0.328 e. The van der Waals surface area contributed by atoms with Crippen LogP contribution in [0.4, 0.5) is 15.6 Å². The Morgan fingerprint density at radius 3 is 2.71 bits per heavy atom. The number of hydrogen-bond donors (Lipinski definition) is 1. The van der Waals surface area contributed by atoms with Gasteiger partial charge in [0.15, 0.2) is 5.13 Å². The maximum atomic E-state index is 13.2. The Balaban J connectivity index is 1.33. The summed E-state index contributed by atoms with van der Waals surface area (Å²) in [6.45, 7) is 4.07. The zero-order valence-electron chi connectivity index (χ0n) is 17.6. The maximum absolute atomic E-state index is 13.2. The summed E-state index contributed by atoms with van der Waals surface area (Å²) in [7, 11) is 2.11. The molecule has 164 valence electrons. The van der Waals surface area contributed by atoms with Crippen LogP contribution in [0.1, 0.15) is 41.7 Å². The number of nitrogens with one attached hydrogen (secondary N) is 1. The Bertz CT molecular complexity index is 1020. The summed E-state index contributed by atoms with van der Waals surface area (Å²) >= 11 is 7.59. The fourth-order valence-electron chi connectivity index (χ4n) is 5.10. The Kier molecular flexibility index (Phi) is 5.40. The van der Waals surface area contributed by atoms with E-state index in [0.717, 1.165) is 56.7 Å². The largest absolute Gasteiger partial charge is 0.337 e. The molecule has 2 aromatic rings. The Hall–Kier alpha value is -2.16. The predicted octanol–water partition coefficient (Wildman–Crippen LogP) is 4.05. The van der Waals surface area contributed by atoms with Gasteiger partial charge in [0.1, 0.15) is 5.69 Å². The van der Waals surface area contributed by atoms with E-state index < -0.39 is 0 Å². The molecule has 1 atom stereocenters. The molecule has 1 aromatic carbocycles. The third-order valence-electron chi connectivity index (χ3n) is 6.65. The summed E-state index contributed by atoms with van der Waals surface area (Å²) in [6.07, 6.45) is 4.23. The number of anilines is 2. The zero-order valence-corrected chi connectivity index (χ0v) is 19.1. The molecule has 3 amide bonds.